The van der Waals surface area contributed by atoms with Gasteiger partial charge in [0.1, 0.15) is 5.75 Å². The van der Waals surface area contributed by atoms with E-state index < -0.39 is 76.0 Å². The number of anilines is 2. The molecule has 0 heterocycles. The van der Waals surface area contributed by atoms with E-state index in [-0.39, 0.29) is 30.6 Å². The van der Waals surface area contributed by atoms with Gasteiger partial charge in [0.25, 0.3) is 0 Å². The van der Waals surface area contributed by atoms with Crippen LogP contribution in [0.4, 0.5) is 11.4 Å². The molecule has 234 valence electrons. The number of carbonyl (C=O) groups is 6. The average Bonchev–Trinajstić information content (AvgIpc) is 2.91. The number of ketones is 4. The number of phenolic OH excluding ortho intramolecular Hbond substituents is 1. The van der Waals surface area contributed by atoms with Crippen molar-refractivity contribution in [3.63, 3.8) is 0 Å². The van der Waals surface area contributed by atoms with E-state index in [0.717, 1.165) is 19.3 Å². The minimum Gasteiger partial charge on any atom is -0.505 e. The number of benzene rings is 1. The molecule has 3 aliphatic carbocycles. The Morgan fingerprint density at radius 3 is 2.35 bits per heavy atom. The first kappa shape index (κ1) is 32.2. The Bertz CT molecular complexity index is 1370. The summed E-state index contributed by atoms with van der Waals surface area (Å²) in [5.41, 5.74) is 3.36. The first-order valence-electron chi connectivity index (χ1n) is 14.6. The molecular weight excluding hydrogens is 558 g/mol. The van der Waals surface area contributed by atoms with Crippen molar-refractivity contribution in [2.45, 2.75) is 50.7 Å². The number of hydrogen-bond acceptors (Lipinski definition) is 11. The Morgan fingerprint density at radius 1 is 1.09 bits per heavy atom. The van der Waals surface area contributed by atoms with Gasteiger partial charge in [0.15, 0.2) is 34.7 Å². The van der Waals surface area contributed by atoms with Crippen molar-refractivity contribution in [3.8, 4) is 5.75 Å². The third kappa shape index (κ3) is 5.34. The zero-order valence-corrected chi connectivity index (χ0v) is 25.2. The number of nitrogens with zero attached hydrogens (tertiary/aromatic N) is 2. The van der Waals surface area contributed by atoms with Gasteiger partial charge in [-0.3, -0.25) is 33.7 Å². The van der Waals surface area contributed by atoms with Crippen LogP contribution in [0, 0.1) is 23.7 Å². The van der Waals surface area contributed by atoms with Crippen LogP contribution in [0.2, 0.25) is 0 Å². The van der Waals surface area contributed by atoms with Crippen LogP contribution in [0.5, 0.6) is 5.75 Å². The number of fused-ring (bicyclic) bond motifs is 3. The Labute approximate surface area is 250 Å². The molecule has 1 aromatic rings. The van der Waals surface area contributed by atoms with E-state index in [1.165, 1.54) is 19.0 Å². The highest BCUT2D eigenvalue weighted by atomic mass is 16.3. The van der Waals surface area contributed by atoms with Crippen molar-refractivity contribution in [1.82, 2.24) is 10.2 Å². The molecule has 13 heteroatoms. The predicted octanol–water partition coefficient (Wildman–Crippen LogP) is -0.349. The maximum Gasteiger partial charge on any atom is 0.238 e. The molecule has 0 radical (unpaired) electrons. The lowest BCUT2D eigenvalue weighted by Crippen LogP contribution is -2.74. The van der Waals surface area contributed by atoms with Gasteiger partial charge < -0.3 is 31.5 Å². The highest BCUT2D eigenvalue weighted by Crippen LogP contribution is 2.52. The molecule has 1 aromatic carbocycles. The SMILES string of the molecule is CCCCCNCC(=O)Nc1cc(N(C)C)c2c(c1O)C(=O)C1C(=O)[C@]3(O)C(=O)C(C(N)=O)C(=O)[C@@H](N(C)C)C3CC1C2. The molecule has 4 unspecified atom stereocenters. The summed E-state index contributed by atoms with van der Waals surface area (Å²) in [7, 11) is 6.54. The van der Waals surface area contributed by atoms with Gasteiger partial charge in [0, 0.05) is 25.7 Å². The number of aliphatic hydroxyl groups is 1. The summed E-state index contributed by atoms with van der Waals surface area (Å²) in [5, 5.41) is 28.7. The molecule has 0 bridgehead atoms. The van der Waals surface area contributed by atoms with E-state index in [1.807, 2.05) is 0 Å². The monoisotopic (exact) mass is 599 g/mol. The summed E-state index contributed by atoms with van der Waals surface area (Å²) in [4.78, 5) is 82.8. The zero-order chi connectivity index (χ0) is 32.0. The third-order valence-electron chi connectivity index (χ3n) is 9.04. The lowest BCUT2D eigenvalue weighted by molar-refractivity contribution is -0.181. The van der Waals surface area contributed by atoms with Crippen LogP contribution in [0.1, 0.15) is 48.5 Å². The van der Waals surface area contributed by atoms with Crippen LogP contribution in [0.3, 0.4) is 0 Å². The predicted molar refractivity (Wildman–Crippen MR) is 157 cm³/mol. The molecule has 6 N–H and O–H groups in total. The molecule has 2 fully saturated rings. The topological polar surface area (TPSA) is 199 Å². The van der Waals surface area contributed by atoms with Gasteiger partial charge in [-0.1, -0.05) is 19.8 Å². The number of nitrogens with two attached hydrogens (primary N) is 1. The van der Waals surface area contributed by atoms with Crippen molar-refractivity contribution in [2.75, 3.05) is 51.5 Å². The van der Waals surface area contributed by atoms with Gasteiger partial charge in [-0.25, -0.2) is 0 Å². The summed E-state index contributed by atoms with van der Waals surface area (Å²) in [6.45, 7) is 2.70. The van der Waals surface area contributed by atoms with Crippen LogP contribution < -0.4 is 21.3 Å². The zero-order valence-electron chi connectivity index (χ0n) is 25.2. The van der Waals surface area contributed by atoms with Crippen molar-refractivity contribution in [1.29, 1.82) is 0 Å². The first-order chi connectivity index (χ1) is 20.2. The molecule has 0 aromatic heterocycles. The number of rotatable bonds is 10. The average molecular weight is 600 g/mol. The number of primary amides is 1. The minimum absolute atomic E-state index is 0.0159. The molecule has 4 rings (SSSR count). The molecular formula is C30H41N5O8. The van der Waals surface area contributed by atoms with Gasteiger partial charge in [0.2, 0.25) is 11.8 Å². The third-order valence-corrected chi connectivity index (χ3v) is 9.04. The van der Waals surface area contributed by atoms with E-state index in [1.54, 1.807) is 25.1 Å². The van der Waals surface area contributed by atoms with Crippen molar-refractivity contribution < 1.29 is 39.0 Å². The second kappa shape index (κ2) is 12.1. The first-order valence-corrected chi connectivity index (χ1v) is 14.6. The van der Waals surface area contributed by atoms with E-state index in [2.05, 4.69) is 17.6 Å². The van der Waals surface area contributed by atoms with Crippen LogP contribution in [0.15, 0.2) is 6.07 Å². The fraction of sp³-hybridized carbons (Fsp3) is 0.600. The molecule has 2 amide bonds. The molecule has 43 heavy (non-hydrogen) atoms. The Hall–Kier alpha value is -3.68. The highest BCUT2D eigenvalue weighted by Gasteiger charge is 2.69. The van der Waals surface area contributed by atoms with E-state index in [4.69, 9.17) is 5.73 Å². The van der Waals surface area contributed by atoms with Gasteiger partial charge >= 0.3 is 0 Å². The standard InChI is InChI=1S/C30H41N5O8/c1-6-7-8-9-32-13-19(36)33-17-12-18(34(2)3)15-10-14-11-16-23(35(4)5)26(39)22(29(31)42)28(41)30(16,43)27(40)20(14)25(38)21(15)24(17)37/h12,14,16,20,22-23,32,37,43H,6-11,13H2,1-5H3,(H2,31,42)(H,33,36)/t14?,16?,20?,22?,23-,30-/m0/s1. The maximum absolute atomic E-state index is 14.1. The van der Waals surface area contributed by atoms with Crippen LogP contribution >= 0.6 is 0 Å². The Balaban J connectivity index is 1.74. The number of likely N-dealkylation sites (N-methyl/N-ethyl adjacent to an activating group) is 1. The molecule has 0 spiro atoms. The number of unbranched alkanes of at least 4 members (excludes halogenated alkanes) is 2. The Morgan fingerprint density at radius 2 is 1.77 bits per heavy atom. The van der Waals surface area contributed by atoms with Gasteiger partial charge in [-0.05, 0) is 57.5 Å². The summed E-state index contributed by atoms with van der Waals surface area (Å²) >= 11 is 0. The van der Waals surface area contributed by atoms with E-state index >= 15 is 0 Å². The van der Waals surface area contributed by atoms with Crippen molar-refractivity contribution in [3.05, 3.63) is 17.2 Å². The van der Waals surface area contributed by atoms with Crippen molar-refractivity contribution in [2.24, 2.45) is 29.4 Å². The lowest BCUT2D eigenvalue weighted by Gasteiger charge is -2.52. The smallest absolute Gasteiger partial charge is 0.238 e. The van der Waals surface area contributed by atoms with Gasteiger partial charge in [-0.2, -0.15) is 0 Å². The molecule has 0 aliphatic heterocycles. The fourth-order valence-corrected chi connectivity index (χ4v) is 7.04. The molecule has 2 saturated carbocycles. The van der Waals surface area contributed by atoms with Crippen molar-refractivity contribution >= 4 is 46.3 Å². The lowest BCUT2D eigenvalue weighted by atomic mass is 9.52. The number of amides is 2. The summed E-state index contributed by atoms with van der Waals surface area (Å²) in [5.74, 6) is -11.7. The van der Waals surface area contributed by atoms with Crippen LogP contribution in [-0.4, -0.2) is 103 Å². The normalized spacial score (nSPS) is 28.3. The molecule has 3 aliphatic rings. The van der Waals surface area contributed by atoms with Crippen LogP contribution in [-0.2, 0) is 30.4 Å². The summed E-state index contributed by atoms with van der Waals surface area (Å²) in [6, 6.07) is 0.391. The quantitative estimate of drug-likeness (QED) is 0.134. The number of carbonyl (C=O) groups excluding carboxylic acids is 6. The minimum atomic E-state index is -2.80. The molecule has 13 nitrogen and oxygen atoms in total. The summed E-state index contributed by atoms with van der Waals surface area (Å²) < 4.78 is 0. The second-order valence-electron chi connectivity index (χ2n) is 12.3. The van der Waals surface area contributed by atoms with E-state index in [9.17, 15) is 39.0 Å². The van der Waals surface area contributed by atoms with Gasteiger partial charge in [0.05, 0.1) is 29.8 Å². The molecule has 0 saturated heterocycles. The summed E-state index contributed by atoms with van der Waals surface area (Å²) in [6.07, 6.45) is 3.05. The molecule has 6 atom stereocenters. The van der Waals surface area contributed by atoms with Gasteiger partial charge in [-0.15, -0.1) is 0 Å². The second-order valence-corrected chi connectivity index (χ2v) is 12.3. The Kier molecular flexibility index (Phi) is 9.10. The largest absolute Gasteiger partial charge is 0.505 e. The highest BCUT2D eigenvalue weighted by molar-refractivity contribution is 6.32. The van der Waals surface area contributed by atoms with Crippen LogP contribution in [0.25, 0.3) is 0 Å². The number of Topliss-reactive ketones (excluding diaryl/α,β-unsaturated/α-hetero) is 4. The van der Waals surface area contributed by atoms with E-state index in [0.29, 0.717) is 17.8 Å². The number of nitrogens with one attached hydrogen (secondary N) is 2. The maximum atomic E-state index is 14.1. The fourth-order valence-electron chi connectivity index (χ4n) is 7.04. The number of aromatic hydroxyl groups is 1. The number of phenols is 1. The number of hydrogen-bond donors (Lipinski definition) is 5.